The first-order valence-electron chi connectivity index (χ1n) is 11.5. The summed E-state index contributed by atoms with van der Waals surface area (Å²) in [5, 5.41) is 10.2. The van der Waals surface area contributed by atoms with E-state index in [0.717, 1.165) is 38.4 Å². The summed E-state index contributed by atoms with van der Waals surface area (Å²) >= 11 is 0. The van der Waals surface area contributed by atoms with E-state index in [4.69, 9.17) is 18.3 Å². The van der Waals surface area contributed by atoms with Gasteiger partial charge in [0, 0.05) is 19.3 Å². The Morgan fingerprint density at radius 3 is 2.29 bits per heavy atom. The average molecular weight is 491 g/mol. The highest BCUT2D eigenvalue weighted by Gasteiger charge is 2.61. The highest BCUT2D eigenvalue weighted by Crippen LogP contribution is 2.44. The molecule has 0 radical (unpaired) electrons. The number of esters is 1. The Morgan fingerprint density at radius 2 is 1.81 bits per heavy atom. The minimum atomic E-state index is -2.16. The first-order valence-corrected chi connectivity index (χ1v) is 21.8. The molecule has 1 N–H and O–H groups in total. The summed E-state index contributed by atoms with van der Waals surface area (Å²) in [5.41, 5.74) is -1.22. The molecule has 0 bridgehead atoms. The van der Waals surface area contributed by atoms with Crippen LogP contribution in [0.2, 0.25) is 45.8 Å². The number of hydrogen-bond donors (Lipinski definition) is 1. The Hall–Kier alpha value is -0.299. The Balaban J connectivity index is 2.80. The van der Waals surface area contributed by atoms with Crippen LogP contribution in [0.5, 0.6) is 0 Å². The van der Waals surface area contributed by atoms with Gasteiger partial charge in [-0.3, -0.25) is 0 Å². The van der Waals surface area contributed by atoms with E-state index in [1.54, 1.807) is 6.92 Å². The molecule has 0 aliphatic carbocycles. The molecule has 0 saturated carbocycles. The van der Waals surface area contributed by atoms with Crippen molar-refractivity contribution in [3.8, 4) is 0 Å². The molecule has 1 aliphatic heterocycles. The molecule has 1 saturated heterocycles. The number of ether oxygens (including phenoxy) is 3. The van der Waals surface area contributed by atoms with Gasteiger partial charge in [-0.15, -0.1) is 0 Å². The average Bonchev–Trinajstić information content (AvgIpc) is 2.64. The third-order valence-electron chi connectivity index (χ3n) is 6.14. The maximum atomic E-state index is 11.2. The summed E-state index contributed by atoms with van der Waals surface area (Å²) in [5.74, 6) is -0.547. The lowest BCUT2D eigenvalue weighted by Gasteiger charge is -2.56. The standard InChI is InChI=1S/C22H46O6Si3/c1-10-20(23)26-19-21(2,24)18-25-16-13-15-22(14-11-12-17-27-22)31(9,30(6,7)8)28-29(3,4)5/h10,24H,1,11-19H2,2-9H3. The van der Waals surface area contributed by atoms with E-state index in [1.807, 2.05) is 0 Å². The molecule has 1 rings (SSSR count). The molecule has 0 aromatic carbocycles. The van der Waals surface area contributed by atoms with Gasteiger partial charge in [0.2, 0.25) is 0 Å². The zero-order chi connectivity index (χ0) is 24.0. The van der Waals surface area contributed by atoms with E-state index in [-0.39, 0.29) is 18.4 Å². The fourth-order valence-electron chi connectivity index (χ4n) is 4.29. The first-order chi connectivity index (χ1) is 14.1. The maximum absolute atomic E-state index is 11.2. The molecule has 0 amide bonds. The molecule has 0 spiro atoms. The van der Waals surface area contributed by atoms with Crippen molar-refractivity contribution in [1.82, 2.24) is 0 Å². The van der Waals surface area contributed by atoms with E-state index >= 15 is 0 Å². The number of carbonyl (C=O) groups excluding carboxylic acids is 1. The van der Waals surface area contributed by atoms with Crippen molar-refractivity contribution >= 4 is 29.7 Å². The predicted molar refractivity (Wildman–Crippen MR) is 134 cm³/mol. The van der Waals surface area contributed by atoms with Crippen LogP contribution in [-0.2, 0) is 23.1 Å². The van der Waals surface area contributed by atoms with Gasteiger partial charge in [0.05, 0.1) is 19.4 Å². The van der Waals surface area contributed by atoms with Crippen LogP contribution in [-0.4, -0.2) is 72.1 Å². The highest BCUT2D eigenvalue weighted by molar-refractivity contribution is 7.40. The van der Waals surface area contributed by atoms with Gasteiger partial charge in [0.15, 0.2) is 16.2 Å². The van der Waals surface area contributed by atoms with Crippen LogP contribution in [0.1, 0.15) is 39.0 Å². The van der Waals surface area contributed by atoms with Gasteiger partial charge >= 0.3 is 5.97 Å². The van der Waals surface area contributed by atoms with Gasteiger partial charge in [0.1, 0.15) is 12.2 Å². The minimum Gasteiger partial charge on any atom is -0.459 e. The molecular weight excluding hydrogens is 444 g/mol. The molecule has 6 nitrogen and oxygen atoms in total. The van der Waals surface area contributed by atoms with Crippen molar-refractivity contribution in [1.29, 1.82) is 0 Å². The van der Waals surface area contributed by atoms with Crippen molar-refractivity contribution in [3.05, 3.63) is 12.7 Å². The molecule has 1 heterocycles. The summed E-state index contributed by atoms with van der Waals surface area (Å²) in [6.07, 6.45) is 6.24. The second-order valence-corrected chi connectivity index (χ2v) is 31.1. The Labute approximate surface area is 192 Å². The first kappa shape index (κ1) is 28.7. The van der Waals surface area contributed by atoms with E-state index in [0.29, 0.717) is 6.61 Å². The van der Waals surface area contributed by atoms with Gasteiger partial charge in [-0.05, 0) is 65.2 Å². The molecule has 0 aromatic rings. The zero-order valence-corrected chi connectivity index (χ0v) is 24.1. The Bertz CT molecular complexity index is 591. The number of carbonyl (C=O) groups is 1. The summed E-state index contributed by atoms with van der Waals surface area (Å²) < 4.78 is 24.5. The van der Waals surface area contributed by atoms with Crippen LogP contribution in [0.4, 0.5) is 0 Å². The van der Waals surface area contributed by atoms with Gasteiger partial charge in [-0.1, -0.05) is 26.2 Å². The zero-order valence-electron chi connectivity index (χ0n) is 21.1. The molecular formula is C22H46O6Si3. The summed E-state index contributed by atoms with van der Waals surface area (Å²) in [4.78, 5) is 11.2. The number of hydrogen-bond acceptors (Lipinski definition) is 6. The van der Waals surface area contributed by atoms with Gasteiger partial charge < -0.3 is 23.4 Å². The normalized spacial score (nSPS) is 24.2. The van der Waals surface area contributed by atoms with Gasteiger partial charge in [0.25, 0.3) is 0 Å². The molecule has 31 heavy (non-hydrogen) atoms. The quantitative estimate of drug-likeness (QED) is 0.176. The third kappa shape index (κ3) is 8.53. The maximum Gasteiger partial charge on any atom is 0.330 e. The van der Waals surface area contributed by atoms with Crippen LogP contribution in [0.25, 0.3) is 0 Å². The van der Waals surface area contributed by atoms with Crippen LogP contribution >= 0.6 is 0 Å². The van der Waals surface area contributed by atoms with Gasteiger partial charge in [-0.25, -0.2) is 4.79 Å². The number of rotatable bonds is 13. The molecule has 3 atom stereocenters. The highest BCUT2D eigenvalue weighted by atomic mass is 29.3. The summed E-state index contributed by atoms with van der Waals surface area (Å²) in [7, 11) is -5.50. The minimum absolute atomic E-state index is 0.111. The molecule has 1 fully saturated rings. The van der Waals surface area contributed by atoms with E-state index in [2.05, 4.69) is 52.4 Å². The number of aliphatic hydroxyl groups is 1. The van der Waals surface area contributed by atoms with Crippen LogP contribution < -0.4 is 0 Å². The van der Waals surface area contributed by atoms with Crippen molar-refractivity contribution < 1.29 is 28.2 Å². The van der Waals surface area contributed by atoms with Gasteiger partial charge in [-0.2, -0.15) is 0 Å². The lowest BCUT2D eigenvalue weighted by Crippen LogP contribution is -2.75. The van der Waals surface area contributed by atoms with Crippen molar-refractivity contribution in [2.24, 2.45) is 0 Å². The monoisotopic (exact) mass is 490 g/mol. The predicted octanol–water partition coefficient (Wildman–Crippen LogP) is 4.59. The third-order valence-corrected chi connectivity index (χ3v) is 26.3. The lowest BCUT2D eigenvalue weighted by molar-refractivity contribution is -0.148. The lowest BCUT2D eigenvalue weighted by atomic mass is 10.0. The second-order valence-electron chi connectivity index (χ2n) is 11.3. The summed E-state index contributed by atoms with van der Waals surface area (Å²) in [6, 6.07) is 0. The molecule has 1 aliphatic rings. The van der Waals surface area contributed by atoms with Crippen molar-refractivity contribution in [2.75, 3.05) is 26.4 Å². The largest absolute Gasteiger partial charge is 0.459 e. The smallest absolute Gasteiger partial charge is 0.330 e. The Morgan fingerprint density at radius 1 is 1.16 bits per heavy atom. The van der Waals surface area contributed by atoms with Crippen LogP contribution in [0.15, 0.2) is 12.7 Å². The van der Waals surface area contributed by atoms with Crippen LogP contribution in [0.3, 0.4) is 0 Å². The second kappa shape index (κ2) is 11.2. The topological polar surface area (TPSA) is 74.2 Å². The molecule has 3 unspecified atom stereocenters. The van der Waals surface area contributed by atoms with E-state index in [1.165, 1.54) is 6.42 Å². The molecule has 182 valence electrons. The van der Waals surface area contributed by atoms with Crippen molar-refractivity contribution in [2.45, 2.75) is 95.7 Å². The van der Waals surface area contributed by atoms with Crippen LogP contribution in [0, 0.1) is 0 Å². The van der Waals surface area contributed by atoms with E-state index < -0.39 is 35.3 Å². The molecule has 0 aromatic heterocycles. The fourth-order valence-corrected chi connectivity index (χ4v) is 24.8. The SMILES string of the molecule is C=CC(=O)OCC(C)(O)COCCCC1([Si](C)(O[Si](C)(C)C)[Si](C)(C)C)CCCCO1. The fraction of sp³-hybridized carbons (Fsp3) is 0.864. The molecule has 9 heteroatoms. The summed E-state index contributed by atoms with van der Waals surface area (Å²) in [6.45, 7) is 22.9. The van der Waals surface area contributed by atoms with Crippen molar-refractivity contribution in [3.63, 3.8) is 0 Å². The van der Waals surface area contributed by atoms with E-state index in [9.17, 15) is 9.90 Å². The Kier molecular flexibility index (Phi) is 10.4.